The maximum Gasteiger partial charge on any atom is 0.338 e. The summed E-state index contributed by atoms with van der Waals surface area (Å²) >= 11 is 1.41. The number of hydrogen-bond donors (Lipinski definition) is 2. The Balaban J connectivity index is 2.32. The minimum atomic E-state index is -1.22. The standard InChI is InChI=1S/C12H11N3O4S/c1-7-6-20-10(14-7)5-13-11-8(12(16)17)3-2-4-9(11)15(18)19/h2-4,6,13H,5H2,1H3,(H,16,17). The number of aromatic carboxylic acids is 1. The number of anilines is 1. The Morgan fingerprint density at radius 3 is 2.85 bits per heavy atom. The van der Waals surface area contributed by atoms with Gasteiger partial charge < -0.3 is 10.4 Å². The molecule has 0 radical (unpaired) electrons. The topological polar surface area (TPSA) is 105 Å². The molecule has 1 heterocycles. The third-order valence-corrected chi connectivity index (χ3v) is 3.52. The zero-order valence-corrected chi connectivity index (χ0v) is 11.3. The first-order chi connectivity index (χ1) is 9.49. The number of aromatic nitrogens is 1. The summed E-state index contributed by atoms with van der Waals surface area (Å²) < 4.78 is 0. The lowest BCUT2D eigenvalue weighted by Crippen LogP contribution is -2.09. The van der Waals surface area contributed by atoms with Gasteiger partial charge in [0.1, 0.15) is 10.7 Å². The number of nitrogens with one attached hydrogen (secondary N) is 1. The Kier molecular flexibility index (Phi) is 3.94. The Morgan fingerprint density at radius 1 is 1.55 bits per heavy atom. The molecule has 0 amide bonds. The first kappa shape index (κ1) is 13.9. The third-order valence-electron chi connectivity index (χ3n) is 2.55. The van der Waals surface area contributed by atoms with Crippen molar-refractivity contribution >= 4 is 28.7 Å². The number of para-hydroxylation sites is 1. The zero-order valence-electron chi connectivity index (χ0n) is 10.5. The molecule has 0 fully saturated rings. The number of thiazole rings is 1. The number of carboxylic acids is 1. The first-order valence-electron chi connectivity index (χ1n) is 5.64. The van der Waals surface area contributed by atoms with E-state index in [4.69, 9.17) is 5.11 Å². The monoisotopic (exact) mass is 293 g/mol. The van der Waals surface area contributed by atoms with Crippen LogP contribution in [0.1, 0.15) is 21.1 Å². The van der Waals surface area contributed by atoms with Crippen LogP contribution in [0.3, 0.4) is 0 Å². The average Bonchev–Trinajstić information content (AvgIpc) is 2.81. The van der Waals surface area contributed by atoms with E-state index in [0.717, 1.165) is 10.7 Å². The number of hydrogen-bond acceptors (Lipinski definition) is 6. The van der Waals surface area contributed by atoms with Crippen molar-refractivity contribution in [3.63, 3.8) is 0 Å². The Bertz CT molecular complexity index is 636. The second-order valence-corrected chi connectivity index (χ2v) is 4.94. The molecule has 2 N–H and O–H groups in total. The van der Waals surface area contributed by atoms with Crippen LogP contribution in [-0.4, -0.2) is 21.0 Å². The second kappa shape index (κ2) is 5.66. The molecule has 20 heavy (non-hydrogen) atoms. The molecule has 0 atom stereocenters. The number of nitro benzene ring substituents is 1. The molecule has 1 aromatic carbocycles. The number of nitrogens with zero attached hydrogens (tertiary/aromatic N) is 2. The van der Waals surface area contributed by atoms with Crippen molar-refractivity contribution in [3.8, 4) is 0 Å². The van der Waals surface area contributed by atoms with Crippen molar-refractivity contribution in [1.29, 1.82) is 0 Å². The molecule has 0 bridgehead atoms. The van der Waals surface area contributed by atoms with E-state index in [-0.39, 0.29) is 23.5 Å². The van der Waals surface area contributed by atoms with Gasteiger partial charge in [0.2, 0.25) is 0 Å². The van der Waals surface area contributed by atoms with Crippen LogP contribution in [0.15, 0.2) is 23.6 Å². The van der Waals surface area contributed by atoms with E-state index >= 15 is 0 Å². The van der Waals surface area contributed by atoms with Crippen molar-refractivity contribution in [2.24, 2.45) is 0 Å². The molecule has 0 saturated carbocycles. The Hall–Kier alpha value is -2.48. The van der Waals surface area contributed by atoms with Crippen LogP contribution < -0.4 is 5.32 Å². The van der Waals surface area contributed by atoms with E-state index in [9.17, 15) is 14.9 Å². The van der Waals surface area contributed by atoms with Gasteiger partial charge in [0.25, 0.3) is 5.69 Å². The van der Waals surface area contributed by atoms with E-state index in [2.05, 4.69) is 10.3 Å². The normalized spacial score (nSPS) is 10.2. The lowest BCUT2D eigenvalue weighted by Gasteiger charge is -2.08. The van der Waals surface area contributed by atoms with Crippen LogP contribution in [-0.2, 0) is 6.54 Å². The number of aryl methyl sites for hydroxylation is 1. The fraction of sp³-hybridized carbons (Fsp3) is 0.167. The van der Waals surface area contributed by atoms with Crippen molar-refractivity contribution in [3.05, 3.63) is 50.0 Å². The fourth-order valence-electron chi connectivity index (χ4n) is 1.70. The van der Waals surface area contributed by atoms with Crippen molar-refractivity contribution in [2.45, 2.75) is 13.5 Å². The van der Waals surface area contributed by atoms with Gasteiger partial charge in [-0.05, 0) is 13.0 Å². The SMILES string of the molecule is Cc1csc(CNc2c(C(=O)O)cccc2[N+](=O)[O-])n1. The van der Waals surface area contributed by atoms with Gasteiger partial charge >= 0.3 is 5.97 Å². The van der Waals surface area contributed by atoms with E-state index in [0.29, 0.717) is 0 Å². The maximum absolute atomic E-state index is 11.1. The molecule has 0 saturated heterocycles. The quantitative estimate of drug-likeness (QED) is 0.648. The maximum atomic E-state index is 11.1. The molecule has 0 unspecified atom stereocenters. The molecule has 0 aliphatic heterocycles. The third kappa shape index (κ3) is 2.91. The average molecular weight is 293 g/mol. The van der Waals surface area contributed by atoms with Crippen molar-refractivity contribution < 1.29 is 14.8 Å². The van der Waals surface area contributed by atoms with Gasteiger partial charge in [-0.1, -0.05) is 6.07 Å². The number of nitro groups is 1. The Morgan fingerprint density at radius 2 is 2.30 bits per heavy atom. The predicted octanol–water partition coefficient (Wildman–Crippen LogP) is 2.67. The van der Waals surface area contributed by atoms with E-state index < -0.39 is 10.9 Å². The number of carboxylic acid groups (broad SMARTS) is 1. The van der Waals surface area contributed by atoms with Crippen LogP contribution >= 0.6 is 11.3 Å². The number of benzene rings is 1. The summed E-state index contributed by atoms with van der Waals surface area (Å²) in [6.45, 7) is 2.08. The fourth-order valence-corrected chi connectivity index (χ4v) is 2.42. The predicted molar refractivity (Wildman–Crippen MR) is 74.2 cm³/mol. The molecule has 2 rings (SSSR count). The lowest BCUT2D eigenvalue weighted by molar-refractivity contribution is -0.384. The van der Waals surface area contributed by atoms with Crippen molar-refractivity contribution in [1.82, 2.24) is 4.98 Å². The van der Waals surface area contributed by atoms with Crippen molar-refractivity contribution in [2.75, 3.05) is 5.32 Å². The van der Waals surface area contributed by atoms with Gasteiger partial charge in [0.15, 0.2) is 0 Å². The highest BCUT2D eigenvalue weighted by molar-refractivity contribution is 7.09. The van der Waals surface area contributed by atoms with Crippen LogP contribution in [0, 0.1) is 17.0 Å². The zero-order chi connectivity index (χ0) is 14.7. The number of rotatable bonds is 5. The molecule has 1 aromatic heterocycles. The summed E-state index contributed by atoms with van der Waals surface area (Å²) in [6.07, 6.45) is 0. The van der Waals surface area contributed by atoms with Gasteiger partial charge in [-0.15, -0.1) is 11.3 Å². The van der Waals surface area contributed by atoms with Gasteiger partial charge in [-0.25, -0.2) is 9.78 Å². The Labute approximate surface area is 118 Å². The van der Waals surface area contributed by atoms with Gasteiger partial charge in [-0.3, -0.25) is 10.1 Å². The highest BCUT2D eigenvalue weighted by atomic mass is 32.1. The molecular formula is C12H11N3O4S. The smallest absolute Gasteiger partial charge is 0.338 e. The van der Waals surface area contributed by atoms with Gasteiger partial charge in [-0.2, -0.15) is 0 Å². The molecule has 0 aliphatic rings. The summed E-state index contributed by atoms with van der Waals surface area (Å²) in [5.41, 5.74) is 0.455. The van der Waals surface area contributed by atoms with E-state index in [1.54, 1.807) is 0 Å². The number of carbonyl (C=O) groups is 1. The molecule has 7 nitrogen and oxygen atoms in total. The minimum Gasteiger partial charge on any atom is -0.478 e. The molecule has 8 heteroatoms. The summed E-state index contributed by atoms with van der Waals surface area (Å²) in [4.78, 5) is 25.7. The minimum absolute atomic E-state index is 0.00199. The van der Waals surface area contributed by atoms with Gasteiger partial charge in [0.05, 0.1) is 17.0 Å². The van der Waals surface area contributed by atoms with Crippen LogP contribution in [0.5, 0.6) is 0 Å². The van der Waals surface area contributed by atoms with Gasteiger partial charge in [0, 0.05) is 17.1 Å². The van der Waals surface area contributed by atoms with E-state index in [1.807, 2.05) is 12.3 Å². The second-order valence-electron chi connectivity index (χ2n) is 4.00. The van der Waals surface area contributed by atoms with Crippen LogP contribution in [0.25, 0.3) is 0 Å². The molecular weight excluding hydrogens is 282 g/mol. The van der Waals surface area contributed by atoms with Crippen LogP contribution in [0.4, 0.5) is 11.4 Å². The summed E-state index contributed by atoms with van der Waals surface area (Å²) in [7, 11) is 0. The largest absolute Gasteiger partial charge is 0.478 e. The summed E-state index contributed by atoms with van der Waals surface area (Å²) in [5.74, 6) is -1.22. The summed E-state index contributed by atoms with van der Waals surface area (Å²) in [5, 5.41) is 25.5. The molecule has 0 aliphatic carbocycles. The highest BCUT2D eigenvalue weighted by Gasteiger charge is 2.21. The highest BCUT2D eigenvalue weighted by Crippen LogP contribution is 2.29. The summed E-state index contributed by atoms with van der Waals surface area (Å²) in [6, 6.07) is 3.94. The molecule has 104 valence electrons. The van der Waals surface area contributed by atoms with E-state index in [1.165, 1.54) is 29.5 Å². The molecule has 2 aromatic rings. The lowest BCUT2D eigenvalue weighted by atomic mass is 10.1. The first-order valence-corrected chi connectivity index (χ1v) is 6.52. The molecule has 0 spiro atoms. The van der Waals surface area contributed by atoms with Crippen LogP contribution in [0.2, 0.25) is 0 Å².